The largest absolute Gasteiger partial charge is 0.478 e. The maximum atomic E-state index is 11.7. The third kappa shape index (κ3) is 3.71. The molecule has 0 radical (unpaired) electrons. The number of nitrogen functional groups attached to an aromatic ring is 1. The molecule has 0 aliphatic carbocycles. The SMILES string of the molecule is Cc1nc2cc3ccccc3cc2c(=O)[nH]1.Nc1cc2ccccc2cc1C(=O)O. The van der Waals surface area contributed by atoms with Crippen LogP contribution >= 0.6 is 0 Å². The summed E-state index contributed by atoms with van der Waals surface area (Å²) in [5, 5.41) is 13.5. The minimum absolute atomic E-state index is 0.0757. The molecule has 0 atom stereocenters. The summed E-state index contributed by atoms with van der Waals surface area (Å²) < 4.78 is 0. The van der Waals surface area contributed by atoms with Gasteiger partial charge in [0.15, 0.2) is 0 Å². The van der Waals surface area contributed by atoms with E-state index >= 15 is 0 Å². The second kappa shape index (κ2) is 7.67. The van der Waals surface area contributed by atoms with Crippen molar-refractivity contribution in [3.63, 3.8) is 0 Å². The lowest BCUT2D eigenvalue weighted by Gasteiger charge is -2.03. The van der Waals surface area contributed by atoms with E-state index in [1.54, 1.807) is 19.1 Å². The standard InChI is InChI=1S/C13H10N2O.C11H9NO2/c1-8-14-12-7-10-5-3-2-4-9(10)6-11(12)13(16)15-8;12-10-6-8-4-2-1-3-7(8)5-9(10)11(13)14/h2-7H,1H3,(H,14,15,16);1-6H,12H2,(H,13,14). The molecule has 0 aliphatic rings. The van der Waals surface area contributed by atoms with Crippen molar-refractivity contribution in [1.82, 2.24) is 9.97 Å². The highest BCUT2D eigenvalue weighted by atomic mass is 16.4. The van der Waals surface area contributed by atoms with Crippen molar-refractivity contribution in [2.75, 3.05) is 5.73 Å². The first-order valence-corrected chi connectivity index (χ1v) is 9.33. The number of anilines is 1. The van der Waals surface area contributed by atoms with Crippen LogP contribution in [0.4, 0.5) is 5.69 Å². The van der Waals surface area contributed by atoms with Crippen molar-refractivity contribution in [3.8, 4) is 0 Å². The molecular formula is C24H19N3O3. The van der Waals surface area contributed by atoms with E-state index in [9.17, 15) is 9.59 Å². The van der Waals surface area contributed by atoms with Crippen molar-refractivity contribution in [3.05, 3.63) is 94.5 Å². The first kappa shape index (κ1) is 19.1. The van der Waals surface area contributed by atoms with Crippen LogP contribution in [0.1, 0.15) is 16.2 Å². The molecule has 4 aromatic carbocycles. The predicted molar refractivity (Wildman–Crippen MR) is 120 cm³/mol. The summed E-state index contributed by atoms with van der Waals surface area (Å²) in [7, 11) is 0. The average Bonchev–Trinajstić information content (AvgIpc) is 2.72. The molecule has 4 N–H and O–H groups in total. The van der Waals surface area contributed by atoms with Gasteiger partial charge in [0.05, 0.1) is 16.5 Å². The van der Waals surface area contributed by atoms with E-state index in [0.29, 0.717) is 16.9 Å². The molecule has 0 saturated heterocycles. The number of nitrogens with zero attached hydrogens (tertiary/aromatic N) is 1. The number of carboxylic acids is 1. The predicted octanol–water partition coefficient (Wildman–Crippen LogP) is 4.50. The lowest BCUT2D eigenvalue weighted by molar-refractivity contribution is 0.0698. The van der Waals surface area contributed by atoms with Gasteiger partial charge in [-0.15, -0.1) is 0 Å². The minimum atomic E-state index is -0.992. The fraction of sp³-hybridized carbons (Fsp3) is 0.0417. The zero-order valence-corrected chi connectivity index (χ0v) is 16.2. The van der Waals surface area contributed by atoms with E-state index in [1.165, 1.54) is 0 Å². The molecule has 30 heavy (non-hydrogen) atoms. The van der Waals surface area contributed by atoms with Crippen molar-refractivity contribution in [2.24, 2.45) is 0 Å². The van der Waals surface area contributed by atoms with Gasteiger partial charge < -0.3 is 15.8 Å². The summed E-state index contributed by atoms with van der Waals surface area (Å²) in [6, 6.07) is 22.6. The Balaban J connectivity index is 0.000000147. The van der Waals surface area contributed by atoms with Crippen LogP contribution in [0.25, 0.3) is 32.4 Å². The smallest absolute Gasteiger partial charge is 0.337 e. The molecule has 5 rings (SSSR count). The summed E-state index contributed by atoms with van der Waals surface area (Å²) in [6.07, 6.45) is 0. The van der Waals surface area contributed by atoms with Gasteiger partial charge >= 0.3 is 5.97 Å². The van der Waals surface area contributed by atoms with E-state index in [-0.39, 0.29) is 11.1 Å². The normalized spacial score (nSPS) is 10.7. The molecule has 5 aromatic rings. The molecule has 6 nitrogen and oxygen atoms in total. The highest BCUT2D eigenvalue weighted by molar-refractivity contribution is 6.00. The van der Waals surface area contributed by atoms with Crippen molar-refractivity contribution in [2.45, 2.75) is 6.92 Å². The van der Waals surface area contributed by atoms with Crippen molar-refractivity contribution in [1.29, 1.82) is 0 Å². The van der Waals surface area contributed by atoms with Crippen LogP contribution in [-0.2, 0) is 0 Å². The maximum absolute atomic E-state index is 11.7. The number of H-pyrrole nitrogens is 1. The Morgan fingerprint density at radius 3 is 2.03 bits per heavy atom. The molecule has 0 saturated carbocycles. The summed E-state index contributed by atoms with van der Waals surface area (Å²) in [5.74, 6) is -0.346. The van der Waals surface area contributed by atoms with E-state index in [2.05, 4.69) is 9.97 Å². The molecule has 0 amide bonds. The van der Waals surface area contributed by atoms with Crippen LogP contribution in [0.2, 0.25) is 0 Å². The molecule has 0 spiro atoms. The van der Waals surface area contributed by atoms with Crippen molar-refractivity contribution < 1.29 is 9.90 Å². The van der Waals surface area contributed by atoms with Crippen LogP contribution in [0.5, 0.6) is 0 Å². The first-order chi connectivity index (χ1) is 14.4. The number of rotatable bonds is 1. The summed E-state index contributed by atoms with van der Waals surface area (Å²) in [6.45, 7) is 1.79. The third-order valence-electron chi connectivity index (χ3n) is 4.84. The Hall–Kier alpha value is -4.19. The Morgan fingerprint density at radius 2 is 1.43 bits per heavy atom. The number of nitrogens with one attached hydrogen (secondary N) is 1. The molecule has 0 fully saturated rings. The lowest BCUT2D eigenvalue weighted by atomic mass is 10.1. The number of hydrogen-bond acceptors (Lipinski definition) is 4. The minimum Gasteiger partial charge on any atom is -0.478 e. The van der Waals surface area contributed by atoms with Gasteiger partial charge in [0.2, 0.25) is 0 Å². The van der Waals surface area contributed by atoms with E-state index < -0.39 is 5.97 Å². The van der Waals surface area contributed by atoms with Crippen molar-refractivity contribution >= 4 is 44.1 Å². The van der Waals surface area contributed by atoms with Crippen LogP contribution in [0.3, 0.4) is 0 Å². The average molecular weight is 397 g/mol. The van der Waals surface area contributed by atoms with Gasteiger partial charge in [-0.25, -0.2) is 9.78 Å². The van der Waals surface area contributed by atoms with Crippen LogP contribution in [0.15, 0.2) is 77.6 Å². The highest BCUT2D eigenvalue weighted by Gasteiger charge is 2.08. The number of carbonyl (C=O) groups is 1. The van der Waals surface area contributed by atoms with Gasteiger partial charge in [-0.2, -0.15) is 0 Å². The molecular weight excluding hydrogens is 378 g/mol. The fourth-order valence-electron chi connectivity index (χ4n) is 3.39. The summed E-state index contributed by atoms with van der Waals surface area (Å²) in [4.78, 5) is 29.6. The zero-order chi connectivity index (χ0) is 21.3. The Kier molecular flexibility index (Phi) is 4.90. The Bertz CT molecular complexity index is 1470. The molecule has 1 aromatic heterocycles. The van der Waals surface area contributed by atoms with Gasteiger partial charge in [0.25, 0.3) is 5.56 Å². The number of aromatic nitrogens is 2. The second-order valence-corrected chi connectivity index (χ2v) is 6.96. The molecule has 6 heteroatoms. The Morgan fingerprint density at radius 1 is 0.900 bits per heavy atom. The fourth-order valence-corrected chi connectivity index (χ4v) is 3.39. The van der Waals surface area contributed by atoms with Gasteiger partial charge in [0, 0.05) is 5.69 Å². The quantitative estimate of drug-likeness (QED) is 0.285. The summed E-state index contributed by atoms with van der Waals surface area (Å²) in [5.41, 5.74) is 6.74. The zero-order valence-electron chi connectivity index (χ0n) is 16.2. The lowest BCUT2D eigenvalue weighted by Crippen LogP contribution is -2.09. The molecule has 0 aliphatic heterocycles. The van der Waals surface area contributed by atoms with Crippen LogP contribution < -0.4 is 11.3 Å². The number of nitrogens with two attached hydrogens (primary N) is 1. The number of fused-ring (bicyclic) bond motifs is 3. The molecule has 0 bridgehead atoms. The number of aromatic carboxylic acids is 1. The maximum Gasteiger partial charge on any atom is 0.337 e. The van der Waals surface area contributed by atoms with Gasteiger partial charge in [0.1, 0.15) is 5.82 Å². The van der Waals surface area contributed by atoms with E-state index in [0.717, 1.165) is 27.1 Å². The number of carboxylic acid groups (broad SMARTS) is 1. The molecule has 148 valence electrons. The number of aryl methyl sites for hydroxylation is 1. The molecule has 1 heterocycles. The van der Waals surface area contributed by atoms with E-state index in [4.69, 9.17) is 10.8 Å². The third-order valence-corrected chi connectivity index (χ3v) is 4.84. The second-order valence-electron chi connectivity index (χ2n) is 6.96. The van der Waals surface area contributed by atoms with Gasteiger partial charge in [-0.3, -0.25) is 4.79 Å². The Labute approximate surface area is 171 Å². The number of aromatic amines is 1. The molecule has 0 unspecified atom stereocenters. The van der Waals surface area contributed by atoms with Crippen LogP contribution in [-0.4, -0.2) is 21.0 Å². The summed E-state index contributed by atoms with van der Waals surface area (Å²) >= 11 is 0. The van der Waals surface area contributed by atoms with Crippen LogP contribution in [0, 0.1) is 6.92 Å². The van der Waals surface area contributed by atoms with Gasteiger partial charge in [-0.05, 0) is 52.7 Å². The number of hydrogen-bond donors (Lipinski definition) is 3. The first-order valence-electron chi connectivity index (χ1n) is 9.33. The number of benzene rings is 4. The monoisotopic (exact) mass is 397 g/mol. The highest BCUT2D eigenvalue weighted by Crippen LogP contribution is 2.21. The van der Waals surface area contributed by atoms with Gasteiger partial charge in [-0.1, -0.05) is 48.5 Å². The topological polar surface area (TPSA) is 109 Å². The van der Waals surface area contributed by atoms with E-state index in [1.807, 2.05) is 60.7 Å².